The van der Waals surface area contributed by atoms with Gasteiger partial charge in [0.1, 0.15) is 5.58 Å². The number of aliphatic carboxylic acids is 1. The predicted octanol–water partition coefficient (Wildman–Crippen LogP) is 3.59. The van der Waals surface area contributed by atoms with Gasteiger partial charge in [0.25, 0.3) is 5.91 Å². The zero-order valence-corrected chi connectivity index (χ0v) is 14.2. The van der Waals surface area contributed by atoms with Crippen LogP contribution < -0.4 is 5.32 Å². The molecule has 0 aliphatic carbocycles. The second-order valence-electron chi connectivity index (χ2n) is 6.65. The van der Waals surface area contributed by atoms with E-state index in [1.807, 2.05) is 32.9 Å². The van der Waals surface area contributed by atoms with E-state index in [0.29, 0.717) is 12.2 Å². The minimum Gasteiger partial charge on any atom is -0.481 e. The number of furan rings is 1. The maximum Gasteiger partial charge on any atom is 0.309 e. The highest BCUT2D eigenvalue weighted by Gasteiger charge is 2.27. The van der Waals surface area contributed by atoms with Crippen LogP contribution in [0.25, 0.3) is 11.0 Å². The lowest BCUT2D eigenvalue weighted by molar-refractivity contribution is -0.147. The van der Waals surface area contributed by atoms with Gasteiger partial charge in [-0.15, -0.1) is 0 Å². The van der Waals surface area contributed by atoms with Gasteiger partial charge in [-0.3, -0.25) is 9.59 Å². The van der Waals surface area contributed by atoms with Crippen LogP contribution in [0.15, 0.2) is 16.5 Å². The molecule has 2 aromatic rings. The van der Waals surface area contributed by atoms with Crippen molar-refractivity contribution < 1.29 is 19.1 Å². The molecule has 0 saturated carbocycles. The standard InChI is InChI=1S/C18H23NO4/c1-10-6-7-11(2)14-13(10)12(3)15(23-14)16(20)19-9-8-18(4,5)17(21)22/h6-7H,8-9H2,1-5H3,(H,19,20)(H,21,22). The maximum atomic E-state index is 12.4. The number of carboxylic acids is 1. The van der Waals surface area contributed by atoms with E-state index in [1.54, 1.807) is 13.8 Å². The summed E-state index contributed by atoms with van der Waals surface area (Å²) in [5.74, 6) is -0.887. The van der Waals surface area contributed by atoms with Crippen LogP contribution >= 0.6 is 0 Å². The third kappa shape index (κ3) is 3.23. The van der Waals surface area contributed by atoms with E-state index >= 15 is 0 Å². The molecule has 5 nitrogen and oxygen atoms in total. The Morgan fingerprint density at radius 2 is 1.78 bits per heavy atom. The van der Waals surface area contributed by atoms with Crippen molar-refractivity contribution >= 4 is 22.8 Å². The molecule has 0 bridgehead atoms. The summed E-state index contributed by atoms with van der Waals surface area (Å²) in [6, 6.07) is 3.98. The van der Waals surface area contributed by atoms with Crippen LogP contribution in [0.4, 0.5) is 0 Å². The predicted molar refractivity (Wildman–Crippen MR) is 88.8 cm³/mol. The smallest absolute Gasteiger partial charge is 0.309 e. The van der Waals surface area contributed by atoms with Gasteiger partial charge in [0.15, 0.2) is 5.76 Å². The molecule has 1 aromatic carbocycles. The minimum absolute atomic E-state index is 0.284. The fourth-order valence-electron chi connectivity index (χ4n) is 2.57. The third-order valence-electron chi connectivity index (χ3n) is 4.30. The van der Waals surface area contributed by atoms with Crippen molar-refractivity contribution in [2.45, 2.75) is 41.0 Å². The molecule has 0 fully saturated rings. The largest absolute Gasteiger partial charge is 0.481 e. The monoisotopic (exact) mass is 317 g/mol. The Balaban J connectivity index is 2.19. The summed E-state index contributed by atoms with van der Waals surface area (Å²) in [5, 5.41) is 12.8. The van der Waals surface area contributed by atoms with Crippen molar-refractivity contribution in [3.05, 3.63) is 34.6 Å². The normalized spacial score (nSPS) is 11.7. The van der Waals surface area contributed by atoms with Crippen LogP contribution in [0.3, 0.4) is 0 Å². The van der Waals surface area contributed by atoms with E-state index in [0.717, 1.165) is 27.7 Å². The first-order valence-corrected chi connectivity index (χ1v) is 7.66. The van der Waals surface area contributed by atoms with Crippen molar-refractivity contribution in [3.8, 4) is 0 Å². The molecular formula is C18H23NO4. The average Bonchev–Trinajstić information content (AvgIpc) is 2.81. The molecule has 124 valence electrons. The van der Waals surface area contributed by atoms with E-state index in [-0.39, 0.29) is 12.5 Å². The van der Waals surface area contributed by atoms with Crippen molar-refractivity contribution in [3.63, 3.8) is 0 Å². The molecule has 0 aliphatic rings. The first kappa shape index (κ1) is 17.1. The molecule has 0 unspecified atom stereocenters. The second kappa shape index (κ2) is 6.07. The molecule has 0 saturated heterocycles. The summed E-state index contributed by atoms with van der Waals surface area (Å²) in [6.07, 6.45) is 0.353. The Kier molecular flexibility index (Phi) is 4.50. The summed E-state index contributed by atoms with van der Waals surface area (Å²) in [6.45, 7) is 9.37. The van der Waals surface area contributed by atoms with Crippen molar-refractivity contribution in [2.75, 3.05) is 6.54 Å². The van der Waals surface area contributed by atoms with Crippen molar-refractivity contribution in [1.82, 2.24) is 5.32 Å². The fourth-order valence-corrected chi connectivity index (χ4v) is 2.57. The van der Waals surface area contributed by atoms with Gasteiger partial charge in [0.2, 0.25) is 0 Å². The van der Waals surface area contributed by atoms with E-state index < -0.39 is 11.4 Å². The van der Waals surface area contributed by atoms with E-state index in [2.05, 4.69) is 5.32 Å². The van der Waals surface area contributed by atoms with Gasteiger partial charge >= 0.3 is 5.97 Å². The summed E-state index contributed by atoms with van der Waals surface area (Å²) in [4.78, 5) is 23.4. The molecule has 1 amide bonds. The quantitative estimate of drug-likeness (QED) is 0.883. The number of aryl methyl sites for hydroxylation is 3. The Morgan fingerprint density at radius 3 is 2.35 bits per heavy atom. The molecule has 1 aromatic heterocycles. The summed E-state index contributed by atoms with van der Waals surface area (Å²) >= 11 is 0. The molecule has 0 atom stereocenters. The van der Waals surface area contributed by atoms with Gasteiger partial charge < -0.3 is 14.8 Å². The number of fused-ring (bicyclic) bond motifs is 1. The lowest BCUT2D eigenvalue weighted by atomic mass is 9.90. The Labute approximate surface area is 135 Å². The number of benzene rings is 1. The zero-order valence-electron chi connectivity index (χ0n) is 14.2. The number of nitrogens with one attached hydrogen (secondary N) is 1. The van der Waals surface area contributed by atoms with Gasteiger partial charge in [-0.05, 0) is 52.2 Å². The fraction of sp³-hybridized carbons (Fsp3) is 0.444. The van der Waals surface area contributed by atoms with Gasteiger partial charge in [0.05, 0.1) is 5.41 Å². The first-order chi connectivity index (χ1) is 10.6. The Hall–Kier alpha value is -2.30. The zero-order chi connectivity index (χ0) is 17.4. The summed E-state index contributed by atoms with van der Waals surface area (Å²) < 4.78 is 5.77. The number of hydrogen-bond acceptors (Lipinski definition) is 3. The molecule has 0 spiro atoms. The SMILES string of the molecule is Cc1ccc(C)c2c(C)c(C(=O)NCCC(C)(C)C(=O)O)oc12. The summed E-state index contributed by atoms with van der Waals surface area (Å²) in [7, 11) is 0. The molecule has 1 heterocycles. The molecular weight excluding hydrogens is 294 g/mol. The Bertz CT molecular complexity index is 771. The van der Waals surface area contributed by atoms with E-state index in [1.165, 1.54) is 0 Å². The second-order valence-corrected chi connectivity index (χ2v) is 6.65. The van der Waals surface area contributed by atoms with Crippen LogP contribution in [-0.4, -0.2) is 23.5 Å². The topological polar surface area (TPSA) is 79.5 Å². The number of amides is 1. The number of rotatable bonds is 5. The lowest BCUT2D eigenvalue weighted by Gasteiger charge is -2.18. The highest BCUT2D eigenvalue weighted by molar-refractivity contribution is 6.00. The maximum absolute atomic E-state index is 12.4. The molecule has 0 aliphatic heterocycles. The molecule has 2 rings (SSSR count). The number of carboxylic acid groups (broad SMARTS) is 1. The Morgan fingerprint density at radius 1 is 1.17 bits per heavy atom. The third-order valence-corrected chi connectivity index (χ3v) is 4.30. The van der Waals surface area contributed by atoms with Gasteiger partial charge in [-0.2, -0.15) is 0 Å². The van der Waals surface area contributed by atoms with Gasteiger partial charge in [-0.25, -0.2) is 0 Å². The molecule has 2 N–H and O–H groups in total. The first-order valence-electron chi connectivity index (χ1n) is 7.66. The molecule has 23 heavy (non-hydrogen) atoms. The minimum atomic E-state index is -0.877. The van der Waals surface area contributed by atoms with Crippen LogP contribution in [0.5, 0.6) is 0 Å². The van der Waals surface area contributed by atoms with Crippen molar-refractivity contribution in [2.24, 2.45) is 5.41 Å². The van der Waals surface area contributed by atoms with Crippen LogP contribution in [-0.2, 0) is 4.79 Å². The molecule has 5 heteroatoms. The van der Waals surface area contributed by atoms with Crippen molar-refractivity contribution in [1.29, 1.82) is 0 Å². The van der Waals surface area contributed by atoms with Crippen LogP contribution in [0.1, 0.15) is 47.5 Å². The van der Waals surface area contributed by atoms with E-state index in [9.17, 15) is 9.59 Å². The van der Waals surface area contributed by atoms with E-state index in [4.69, 9.17) is 9.52 Å². The lowest BCUT2D eigenvalue weighted by Crippen LogP contribution is -2.32. The molecule has 0 radical (unpaired) electrons. The highest BCUT2D eigenvalue weighted by Crippen LogP contribution is 2.30. The summed E-state index contributed by atoms with van der Waals surface area (Å²) in [5.41, 5.74) is 2.73. The number of carbonyl (C=O) groups excluding carboxylic acids is 1. The average molecular weight is 317 g/mol. The van der Waals surface area contributed by atoms with Crippen LogP contribution in [0, 0.1) is 26.2 Å². The van der Waals surface area contributed by atoms with Gasteiger partial charge in [-0.1, -0.05) is 12.1 Å². The number of hydrogen-bond donors (Lipinski definition) is 2. The number of carbonyl (C=O) groups is 2. The highest BCUT2D eigenvalue weighted by atomic mass is 16.4. The van der Waals surface area contributed by atoms with Crippen LogP contribution in [0.2, 0.25) is 0 Å². The van der Waals surface area contributed by atoms with Gasteiger partial charge in [0, 0.05) is 17.5 Å².